The van der Waals surface area contributed by atoms with Gasteiger partial charge in [0.1, 0.15) is 0 Å². The number of ether oxygens (including phenoxy) is 2. The third-order valence-electron chi connectivity index (χ3n) is 2.00. The molecule has 1 rings (SSSR count). The van der Waals surface area contributed by atoms with E-state index in [1.54, 1.807) is 0 Å². The van der Waals surface area contributed by atoms with E-state index < -0.39 is 12.1 Å². The molecule has 0 spiro atoms. The number of hydrogen-bond donors (Lipinski definition) is 1. The molecule has 0 aliphatic rings. The highest BCUT2D eigenvalue weighted by atomic mass is 19.1. The Morgan fingerprint density at radius 2 is 2.41 bits per heavy atom. The zero-order chi connectivity index (χ0) is 12.7. The second-order valence-electron chi connectivity index (χ2n) is 3.34. The van der Waals surface area contributed by atoms with Crippen molar-refractivity contribution < 1.29 is 18.7 Å². The number of methoxy groups -OCH3 is 1. The molecule has 1 aromatic heterocycles. The average Bonchev–Trinajstić information content (AvgIpc) is 2.32. The molecular weight excluding hydrogens is 227 g/mol. The van der Waals surface area contributed by atoms with Gasteiger partial charge in [0.15, 0.2) is 11.9 Å². The third-order valence-corrected chi connectivity index (χ3v) is 2.00. The van der Waals surface area contributed by atoms with Gasteiger partial charge >= 0.3 is 0 Å². The molecule has 0 aliphatic carbocycles. The van der Waals surface area contributed by atoms with Gasteiger partial charge in [-0.1, -0.05) is 0 Å². The van der Waals surface area contributed by atoms with Crippen LogP contribution in [0.3, 0.4) is 0 Å². The van der Waals surface area contributed by atoms with Gasteiger partial charge in [-0.3, -0.25) is 4.79 Å². The molecule has 1 N–H and O–H groups in total. The normalized spacial score (nSPS) is 11.9. The van der Waals surface area contributed by atoms with E-state index in [2.05, 4.69) is 10.3 Å². The van der Waals surface area contributed by atoms with Gasteiger partial charge in [-0.15, -0.1) is 0 Å². The number of nitrogens with zero attached hydrogens (tertiary/aromatic N) is 1. The van der Waals surface area contributed by atoms with Crippen molar-refractivity contribution in [3.05, 3.63) is 24.3 Å². The van der Waals surface area contributed by atoms with E-state index in [4.69, 9.17) is 9.47 Å². The van der Waals surface area contributed by atoms with E-state index in [1.165, 1.54) is 32.4 Å². The fourth-order valence-electron chi connectivity index (χ4n) is 1.12. The van der Waals surface area contributed by atoms with E-state index in [0.29, 0.717) is 13.2 Å². The number of carbonyl (C=O) groups excluding carboxylic acids is 1. The fourth-order valence-corrected chi connectivity index (χ4v) is 1.12. The average molecular weight is 242 g/mol. The van der Waals surface area contributed by atoms with E-state index >= 15 is 0 Å². The van der Waals surface area contributed by atoms with E-state index in [9.17, 15) is 9.18 Å². The zero-order valence-electron chi connectivity index (χ0n) is 9.77. The van der Waals surface area contributed by atoms with Crippen LogP contribution in [-0.4, -0.2) is 37.3 Å². The maximum atomic E-state index is 13.1. The van der Waals surface area contributed by atoms with Gasteiger partial charge in [-0.25, -0.2) is 4.98 Å². The lowest BCUT2D eigenvalue weighted by Gasteiger charge is -2.14. The highest BCUT2D eigenvalue weighted by Crippen LogP contribution is 2.14. The Hall–Kier alpha value is -1.69. The van der Waals surface area contributed by atoms with Crippen molar-refractivity contribution in [2.24, 2.45) is 0 Å². The molecule has 1 amide bonds. The van der Waals surface area contributed by atoms with Gasteiger partial charge in [-0.05, 0) is 19.1 Å². The maximum Gasteiger partial charge on any atom is 0.260 e. The number of halogens is 1. The maximum absolute atomic E-state index is 13.1. The minimum absolute atomic E-state index is 0.0399. The Labute approximate surface area is 98.9 Å². The van der Waals surface area contributed by atoms with E-state index in [1.807, 2.05) is 0 Å². The van der Waals surface area contributed by atoms with Gasteiger partial charge in [0.05, 0.1) is 6.61 Å². The summed E-state index contributed by atoms with van der Waals surface area (Å²) in [5.41, 5.74) is 0. The summed E-state index contributed by atoms with van der Waals surface area (Å²) in [6.45, 7) is 2.34. The summed E-state index contributed by atoms with van der Waals surface area (Å²) >= 11 is 0. The Bertz CT molecular complexity index is 373. The summed E-state index contributed by atoms with van der Waals surface area (Å²) in [5.74, 6) is -1.10. The number of aromatic nitrogens is 1. The Balaban J connectivity index is 2.46. The smallest absolute Gasteiger partial charge is 0.260 e. The van der Waals surface area contributed by atoms with Crippen LogP contribution >= 0.6 is 0 Å². The van der Waals surface area contributed by atoms with Crippen LogP contribution in [0.2, 0.25) is 0 Å². The topological polar surface area (TPSA) is 60.5 Å². The highest BCUT2D eigenvalue weighted by molar-refractivity contribution is 5.80. The van der Waals surface area contributed by atoms with Crippen molar-refractivity contribution in [2.75, 3.05) is 20.3 Å². The van der Waals surface area contributed by atoms with Crippen LogP contribution in [0.1, 0.15) is 6.92 Å². The lowest BCUT2D eigenvalue weighted by atomic mass is 10.3. The van der Waals surface area contributed by atoms with Gasteiger partial charge in [0.25, 0.3) is 11.9 Å². The van der Waals surface area contributed by atoms with Crippen LogP contribution in [-0.2, 0) is 9.53 Å². The molecule has 0 bridgehead atoms. The van der Waals surface area contributed by atoms with Crippen molar-refractivity contribution >= 4 is 5.91 Å². The summed E-state index contributed by atoms with van der Waals surface area (Å²) in [7, 11) is 1.54. The Kier molecular flexibility index (Phi) is 5.35. The number of hydrogen-bond acceptors (Lipinski definition) is 4. The van der Waals surface area contributed by atoms with Crippen LogP contribution < -0.4 is 10.1 Å². The first-order valence-corrected chi connectivity index (χ1v) is 5.19. The molecule has 1 aromatic rings. The molecule has 0 aliphatic heterocycles. The number of carbonyl (C=O) groups is 1. The predicted octanol–water partition coefficient (Wildman–Crippen LogP) is 0.751. The van der Waals surface area contributed by atoms with Gasteiger partial charge < -0.3 is 14.8 Å². The molecule has 17 heavy (non-hydrogen) atoms. The van der Waals surface area contributed by atoms with Gasteiger partial charge in [-0.2, -0.15) is 4.39 Å². The quantitative estimate of drug-likeness (QED) is 0.590. The van der Waals surface area contributed by atoms with Crippen molar-refractivity contribution in [3.63, 3.8) is 0 Å². The van der Waals surface area contributed by atoms with Crippen LogP contribution in [0.15, 0.2) is 18.3 Å². The SMILES string of the molecule is COCCNC(=O)C(C)Oc1cccnc1F. The summed E-state index contributed by atoms with van der Waals surface area (Å²) in [6, 6.07) is 2.95. The molecular formula is C11H15FN2O3. The lowest BCUT2D eigenvalue weighted by molar-refractivity contribution is -0.127. The second kappa shape index (κ2) is 6.80. The van der Waals surface area contributed by atoms with Crippen LogP contribution in [0.5, 0.6) is 5.75 Å². The number of nitrogens with one attached hydrogen (secondary N) is 1. The lowest BCUT2D eigenvalue weighted by Crippen LogP contribution is -2.38. The van der Waals surface area contributed by atoms with E-state index in [0.717, 1.165) is 0 Å². The molecule has 0 saturated heterocycles. The van der Waals surface area contributed by atoms with Crippen LogP contribution in [0.4, 0.5) is 4.39 Å². The highest BCUT2D eigenvalue weighted by Gasteiger charge is 2.16. The Morgan fingerprint density at radius 1 is 1.65 bits per heavy atom. The zero-order valence-corrected chi connectivity index (χ0v) is 9.77. The first-order valence-electron chi connectivity index (χ1n) is 5.19. The summed E-state index contributed by atoms with van der Waals surface area (Å²) < 4.78 is 23.1. The summed E-state index contributed by atoms with van der Waals surface area (Å²) in [5, 5.41) is 2.59. The first-order chi connectivity index (χ1) is 8.15. The fraction of sp³-hybridized carbons (Fsp3) is 0.455. The number of rotatable bonds is 6. The minimum Gasteiger partial charge on any atom is -0.476 e. The molecule has 1 heterocycles. The summed E-state index contributed by atoms with van der Waals surface area (Å²) in [6.07, 6.45) is 0.525. The molecule has 1 atom stereocenters. The molecule has 0 fully saturated rings. The second-order valence-corrected chi connectivity index (χ2v) is 3.34. The van der Waals surface area contributed by atoms with Crippen LogP contribution in [0, 0.1) is 5.95 Å². The van der Waals surface area contributed by atoms with Crippen molar-refractivity contribution in [1.82, 2.24) is 10.3 Å². The van der Waals surface area contributed by atoms with Gasteiger partial charge in [0.2, 0.25) is 0 Å². The van der Waals surface area contributed by atoms with E-state index in [-0.39, 0.29) is 11.7 Å². The first kappa shape index (κ1) is 13.4. The largest absolute Gasteiger partial charge is 0.476 e. The monoisotopic (exact) mass is 242 g/mol. The van der Waals surface area contributed by atoms with Crippen molar-refractivity contribution in [3.8, 4) is 5.75 Å². The van der Waals surface area contributed by atoms with Gasteiger partial charge in [0, 0.05) is 19.9 Å². The number of amides is 1. The molecule has 1 unspecified atom stereocenters. The molecule has 94 valence electrons. The molecule has 6 heteroatoms. The Morgan fingerprint density at radius 3 is 3.06 bits per heavy atom. The standard InChI is InChI=1S/C11H15FN2O3/c1-8(11(15)14-6-7-16-2)17-9-4-3-5-13-10(9)12/h3-5,8H,6-7H2,1-2H3,(H,14,15). The predicted molar refractivity (Wildman–Crippen MR) is 59.2 cm³/mol. The molecule has 0 aromatic carbocycles. The number of pyridine rings is 1. The molecule has 0 radical (unpaired) electrons. The van der Waals surface area contributed by atoms with Crippen LogP contribution in [0.25, 0.3) is 0 Å². The minimum atomic E-state index is -0.787. The molecule has 5 nitrogen and oxygen atoms in total. The van der Waals surface area contributed by atoms with Crippen molar-refractivity contribution in [2.45, 2.75) is 13.0 Å². The van der Waals surface area contributed by atoms with Crippen molar-refractivity contribution in [1.29, 1.82) is 0 Å². The third kappa shape index (κ3) is 4.36. The summed E-state index contributed by atoms with van der Waals surface area (Å²) in [4.78, 5) is 14.9. The molecule has 0 saturated carbocycles.